The van der Waals surface area contributed by atoms with Crippen LogP contribution >= 0.6 is 0 Å². The van der Waals surface area contributed by atoms with Crippen LogP contribution in [0.5, 0.6) is 5.75 Å². The van der Waals surface area contributed by atoms with E-state index >= 15 is 0 Å². The predicted octanol–water partition coefficient (Wildman–Crippen LogP) is 4.90. The number of benzene rings is 2. The van der Waals surface area contributed by atoms with E-state index in [1.54, 1.807) is 45.0 Å². The van der Waals surface area contributed by atoms with Gasteiger partial charge in [0.1, 0.15) is 24.0 Å². The van der Waals surface area contributed by atoms with E-state index in [9.17, 15) is 19.2 Å². The van der Waals surface area contributed by atoms with Crippen molar-refractivity contribution in [3.8, 4) is 5.75 Å². The number of nitrogens with zero attached hydrogens (tertiary/aromatic N) is 1. The number of nitrogens with one attached hydrogen (secondary N) is 1. The van der Waals surface area contributed by atoms with Crippen LogP contribution in [0.25, 0.3) is 0 Å². The third kappa shape index (κ3) is 13.3. The van der Waals surface area contributed by atoms with Gasteiger partial charge in [-0.3, -0.25) is 9.59 Å². The maximum absolute atomic E-state index is 13.6. The Bertz CT molecular complexity index is 1160. The molecule has 10 heteroatoms. The number of carbonyl (C=O) groups is 4. The van der Waals surface area contributed by atoms with Gasteiger partial charge in [0, 0.05) is 32.4 Å². The number of rotatable bonds is 17. The van der Waals surface area contributed by atoms with E-state index in [0.717, 1.165) is 11.1 Å². The van der Waals surface area contributed by atoms with Gasteiger partial charge in [0.2, 0.25) is 5.91 Å². The second kappa shape index (κ2) is 17.5. The molecule has 2 rings (SSSR count). The summed E-state index contributed by atoms with van der Waals surface area (Å²) in [4.78, 5) is 51.0. The number of esters is 1. The first-order valence-electron chi connectivity index (χ1n) is 14.0. The topological polar surface area (TPSA) is 131 Å². The minimum absolute atomic E-state index is 0.00482. The van der Waals surface area contributed by atoms with Crippen LogP contribution < -0.4 is 10.1 Å². The van der Waals surface area contributed by atoms with E-state index in [-0.39, 0.29) is 44.9 Å². The Morgan fingerprint density at radius 2 is 1.67 bits per heavy atom. The summed E-state index contributed by atoms with van der Waals surface area (Å²) in [6.45, 7) is 9.38. The SMILES string of the molecule is C=CCOC(=O)[C@H](Cc1ccccc1)N(Cc1ccc(OCCCCC(=O)O)cc1)C(=O)CCNC(=O)OC(C)(C)C. The van der Waals surface area contributed by atoms with Crippen molar-refractivity contribution < 1.29 is 38.5 Å². The minimum atomic E-state index is -0.925. The summed E-state index contributed by atoms with van der Waals surface area (Å²) in [5.74, 6) is -1.13. The van der Waals surface area contributed by atoms with Crippen LogP contribution in [0.1, 0.15) is 57.6 Å². The maximum atomic E-state index is 13.6. The highest BCUT2D eigenvalue weighted by Crippen LogP contribution is 2.19. The fourth-order valence-corrected chi connectivity index (χ4v) is 3.95. The molecule has 1 atom stereocenters. The highest BCUT2D eigenvalue weighted by Gasteiger charge is 2.31. The Labute approximate surface area is 247 Å². The molecule has 0 heterocycles. The van der Waals surface area contributed by atoms with Crippen LogP contribution in [0.3, 0.4) is 0 Å². The average molecular weight is 583 g/mol. The second-order valence-electron chi connectivity index (χ2n) is 10.7. The van der Waals surface area contributed by atoms with Crippen molar-refractivity contribution in [2.75, 3.05) is 19.8 Å². The zero-order valence-electron chi connectivity index (χ0n) is 24.7. The van der Waals surface area contributed by atoms with Crippen molar-refractivity contribution in [2.45, 2.75) is 71.1 Å². The van der Waals surface area contributed by atoms with Gasteiger partial charge in [0.25, 0.3) is 0 Å². The molecule has 0 aliphatic rings. The second-order valence-corrected chi connectivity index (χ2v) is 10.7. The summed E-state index contributed by atoms with van der Waals surface area (Å²) in [5, 5.41) is 11.4. The molecule has 2 aromatic carbocycles. The summed E-state index contributed by atoms with van der Waals surface area (Å²) in [6, 6.07) is 15.6. The summed E-state index contributed by atoms with van der Waals surface area (Å²) >= 11 is 0. The molecule has 0 bridgehead atoms. The Morgan fingerprint density at radius 1 is 0.976 bits per heavy atom. The monoisotopic (exact) mass is 582 g/mol. The third-order valence-electron chi connectivity index (χ3n) is 5.92. The van der Waals surface area contributed by atoms with Gasteiger partial charge in [0.05, 0.1) is 6.61 Å². The Balaban J connectivity index is 2.21. The molecule has 42 heavy (non-hydrogen) atoms. The van der Waals surface area contributed by atoms with E-state index in [1.165, 1.54) is 11.0 Å². The van der Waals surface area contributed by atoms with Crippen LogP contribution in [0.15, 0.2) is 67.3 Å². The Hall–Kier alpha value is -4.34. The summed E-state index contributed by atoms with van der Waals surface area (Å²) < 4.78 is 16.3. The van der Waals surface area contributed by atoms with Crippen LogP contribution in [0.4, 0.5) is 4.79 Å². The summed E-state index contributed by atoms with van der Waals surface area (Å²) in [6.07, 6.45) is 2.25. The third-order valence-corrected chi connectivity index (χ3v) is 5.92. The standard InChI is InChI=1S/C32H42N2O8/c1-5-20-41-30(38)27(22-24-11-7-6-8-12-24)34(28(35)18-19-33-31(39)42-32(2,3)4)23-25-14-16-26(17-15-25)40-21-10-9-13-29(36)37/h5-8,11-12,14-17,27H,1,9-10,13,18-23H2,2-4H3,(H,33,39)(H,36,37)/t27-/m0/s1. The molecule has 0 spiro atoms. The van der Waals surface area contributed by atoms with Gasteiger partial charge in [-0.15, -0.1) is 0 Å². The highest BCUT2D eigenvalue weighted by molar-refractivity contribution is 5.85. The number of hydrogen-bond donors (Lipinski definition) is 2. The first-order valence-corrected chi connectivity index (χ1v) is 14.0. The molecule has 0 aliphatic heterocycles. The summed E-state index contributed by atoms with van der Waals surface area (Å²) in [5.41, 5.74) is 0.940. The van der Waals surface area contributed by atoms with Crippen LogP contribution in [0, 0.1) is 0 Å². The molecule has 0 radical (unpaired) electrons. The molecule has 2 amide bonds. The number of carboxylic acid groups (broad SMARTS) is 1. The van der Waals surface area contributed by atoms with Crippen molar-refractivity contribution >= 4 is 23.9 Å². The van der Waals surface area contributed by atoms with Crippen molar-refractivity contribution in [3.05, 3.63) is 78.4 Å². The molecule has 0 aromatic heterocycles. The predicted molar refractivity (Wildman–Crippen MR) is 158 cm³/mol. The van der Waals surface area contributed by atoms with Crippen molar-refractivity contribution in [2.24, 2.45) is 0 Å². The van der Waals surface area contributed by atoms with Gasteiger partial charge < -0.3 is 29.5 Å². The molecular weight excluding hydrogens is 540 g/mol. The lowest BCUT2D eigenvalue weighted by atomic mass is 10.0. The largest absolute Gasteiger partial charge is 0.494 e. The lowest BCUT2D eigenvalue weighted by molar-refractivity contribution is -0.154. The number of hydrogen-bond acceptors (Lipinski definition) is 7. The molecule has 0 fully saturated rings. The Morgan fingerprint density at radius 3 is 2.29 bits per heavy atom. The number of carbonyl (C=O) groups excluding carboxylic acids is 3. The molecule has 2 aromatic rings. The van der Waals surface area contributed by atoms with Crippen molar-refractivity contribution in [1.82, 2.24) is 10.2 Å². The van der Waals surface area contributed by atoms with Crippen molar-refractivity contribution in [1.29, 1.82) is 0 Å². The number of carboxylic acids is 1. The molecular formula is C32H42N2O8. The molecule has 10 nitrogen and oxygen atoms in total. The van der Waals surface area contributed by atoms with E-state index in [4.69, 9.17) is 19.3 Å². The maximum Gasteiger partial charge on any atom is 0.407 e. The lowest BCUT2D eigenvalue weighted by Gasteiger charge is -2.31. The average Bonchev–Trinajstić information content (AvgIpc) is 2.93. The molecule has 0 saturated heterocycles. The normalized spacial score (nSPS) is 11.6. The highest BCUT2D eigenvalue weighted by atomic mass is 16.6. The summed E-state index contributed by atoms with van der Waals surface area (Å²) in [7, 11) is 0. The lowest BCUT2D eigenvalue weighted by Crippen LogP contribution is -2.47. The van der Waals surface area contributed by atoms with Gasteiger partial charge in [-0.25, -0.2) is 9.59 Å². The Kier molecular flexibility index (Phi) is 14.1. The molecule has 0 aliphatic carbocycles. The van der Waals surface area contributed by atoms with Gasteiger partial charge in [0.15, 0.2) is 0 Å². The van der Waals surface area contributed by atoms with E-state index in [2.05, 4.69) is 11.9 Å². The molecule has 228 valence electrons. The van der Waals surface area contributed by atoms with Crippen molar-refractivity contribution in [3.63, 3.8) is 0 Å². The fraction of sp³-hybridized carbons (Fsp3) is 0.438. The zero-order chi connectivity index (χ0) is 31.0. The quantitative estimate of drug-likeness (QED) is 0.153. The van der Waals surface area contributed by atoms with Gasteiger partial charge >= 0.3 is 18.0 Å². The zero-order valence-corrected chi connectivity index (χ0v) is 24.7. The number of alkyl carbamates (subject to hydrolysis) is 1. The van der Waals surface area contributed by atoms with Crippen LogP contribution in [0.2, 0.25) is 0 Å². The number of amides is 2. The fourth-order valence-electron chi connectivity index (χ4n) is 3.95. The van der Waals surface area contributed by atoms with Gasteiger partial charge in [-0.2, -0.15) is 0 Å². The van der Waals surface area contributed by atoms with Crippen LogP contribution in [-0.2, 0) is 36.8 Å². The van der Waals surface area contributed by atoms with E-state index in [1.807, 2.05) is 30.3 Å². The first-order chi connectivity index (χ1) is 20.0. The first kappa shape index (κ1) is 33.9. The van der Waals surface area contributed by atoms with Gasteiger partial charge in [-0.05, 0) is 56.9 Å². The van der Waals surface area contributed by atoms with Gasteiger partial charge in [-0.1, -0.05) is 55.1 Å². The molecule has 0 saturated carbocycles. The minimum Gasteiger partial charge on any atom is -0.494 e. The smallest absolute Gasteiger partial charge is 0.407 e. The van der Waals surface area contributed by atoms with E-state index in [0.29, 0.717) is 25.2 Å². The molecule has 0 unspecified atom stereocenters. The molecule has 2 N–H and O–H groups in total. The van der Waals surface area contributed by atoms with Crippen LogP contribution in [-0.4, -0.2) is 65.3 Å². The van der Waals surface area contributed by atoms with E-state index < -0.39 is 29.7 Å². The number of aliphatic carboxylic acids is 1. The number of unbranched alkanes of at least 4 members (excludes halogenated alkanes) is 1. The number of ether oxygens (including phenoxy) is 3.